The molecule has 1 aliphatic heterocycles. The van der Waals surface area contributed by atoms with E-state index < -0.39 is 0 Å². The molecule has 1 aliphatic rings. The molecule has 0 radical (unpaired) electrons. The van der Waals surface area contributed by atoms with Gasteiger partial charge in [-0.25, -0.2) is 0 Å². The van der Waals surface area contributed by atoms with Crippen molar-refractivity contribution in [3.63, 3.8) is 0 Å². The lowest BCUT2D eigenvalue weighted by atomic mass is 10.1. The fourth-order valence-electron chi connectivity index (χ4n) is 1.75. The molecule has 4 heteroatoms. The number of ether oxygens (including phenoxy) is 1. The molecule has 0 aromatic heterocycles. The minimum atomic E-state index is 0.156. The van der Waals surface area contributed by atoms with Gasteiger partial charge in [0, 0.05) is 32.2 Å². The number of hydrogen-bond donors (Lipinski definition) is 2. The van der Waals surface area contributed by atoms with E-state index in [0.29, 0.717) is 19.1 Å². The van der Waals surface area contributed by atoms with Gasteiger partial charge in [-0.1, -0.05) is 0 Å². The van der Waals surface area contributed by atoms with Crippen LogP contribution in [0.15, 0.2) is 0 Å². The van der Waals surface area contributed by atoms with Crippen LogP contribution in [-0.4, -0.2) is 38.3 Å². The van der Waals surface area contributed by atoms with Gasteiger partial charge >= 0.3 is 0 Å². The summed E-state index contributed by atoms with van der Waals surface area (Å²) in [5.41, 5.74) is 0. The molecular weight excluding hydrogens is 192 g/mol. The second-order valence-corrected chi connectivity index (χ2v) is 3.91. The predicted molar refractivity (Wildman–Crippen MR) is 59.8 cm³/mol. The van der Waals surface area contributed by atoms with Crippen molar-refractivity contribution in [3.8, 4) is 0 Å². The van der Waals surface area contributed by atoms with Crippen molar-refractivity contribution in [3.05, 3.63) is 0 Å². The number of rotatable bonds is 6. The van der Waals surface area contributed by atoms with Crippen molar-refractivity contribution in [1.29, 1.82) is 0 Å². The quantitative estimate of drug-likeness (QED) is 0.639. The van der Waals surface area contributed by atoms with Gasteiger partial charge in [0.1, 0.15) is 0 Å². The highest BCUT2D eigenvalue weighted by atomic mass is 16.5. The van der Waals surface area contributed by atoms with Crippen molar-refractivity contribution in [1.82, 2.24) is 10.6 Å². The zero-order valence-electron chi connectivity index (χ0n) is 9.55. The average Bonchev–Trinajstić information content (AvgIpc) is 2.26. The lowest BCUT2D eigenvalue weighted by Crippen LogP contribution is -2.45. The number of nitrogens with one attached hydrogen (secondary N) is 2. The van der Waals surface area contributed by atoms with Crippen LogP contribution in [0.2, 0.25) is 0 Å². The first kappa shape index (κ1) is 12.5. The van der Waals surface area contributed by atoms with Crippen LogP contribution in [0.25, 0.3) is 0 Å². The van der Waals surface area contributed by atoms with E-state index in [1.807, 2.05) is 6.92 Å². The molecule has 0 aromatic rings. The van der Waals surface area contributed by atoms with E-state index in [1.54, 1.807) is 0 Å². The van der Waals surface area contributed by atoms with E-state index in [0.717, 1.165) is 39.0 Å². The molecule has 1 fully saturated rings. The molecule has 1 saturated heterocycles. The maximum atomic E-state index is 11.5. The van der Waals surface area contributed by atoms with Gasteiger partial charge in [-0.2, -0.15) is 0 Å². The zero-order chi connectivity index (χ0) is 10.9. The minimum absolute atomic E-state index is 0.156. The van der Waals surface area contributed by atoms with Crippen LogP contribution in [0.5, 0.6) is 0 Å². The van der Waals surface area contributed by atoms with Crippen LogP contribution in [0.3, 0.4) is 0 Å². The SMILES string of the molecule is CCOCCCC(=O)NC1CCCNC1. The van der Waals surface area contributed by atoms with Gasteiger partial charge in [0.15, 0.2) is 0 Å². The lowest BCUT2D eigenvalue weighted by Gasteiger charge is -2.23. The fourth-order valence-corrected chi connectivity index (χ4v) is 1.75. The first-order chi connectivity index (χ1) is 7.33. The van der Waals surface area contributed by atoms with Gasteiger partial charge in [0.05, 0.1) is 0 Å². The Kier molecular flexibility index (Phi) is 6.36. The third kappa shape index (κ3) is 5.74. The van der Waals surface area contributed by atoms with E-state index >= 15 is 0 Å². The molecule has 0 bridgehead atoms. The van der Waals surface area contributed by atoms with Crippen molar-refractivity contribution < 1.29 is 9.53 Å². The van der Waals surface area contributed by atoms with Gasteiger partial charge in [-0.05, 0) is 32.7 Å². The Hall–Kier alpha value is -0.610. The molecule has 2 N–H and O–H groups in total. The Bertz CT molecular complexity index is 179. The van der Waals surface area contributed by atoms with Crippen LogP contribution in [-0.2, 0) is 9.53 Å². The number of amides is 1. The first-order valence-corrected chi connectivity index (χ1v) is 5.90. The Morgan fingerprint density at radius 3 is 3.13 bits per heavy atom. The Balaban J connectivity index is 2.01. The summed E-state index contributed by atoms with van der Waals surface area (Å²) >= 11 is 0. The molecule has 88 valence electrons. The van der Waals surface area contributed by atoms with Gasteiger partial charge < -0.3 is 15.4 Å². The molecule has 1 amide bonds. The summed E-state index contributed by atoms with van der Waals surface area (Å²) in [5, 5.41) is 6.32. The van der Waals surface area contributed by atoms with Crippen molar-refractivity contribution in [2.45, 2.75) is 38.6 Å². The number of piperidine rings is 1. The third-order valence-corrected chi connectivity index (χ3v) is 2.56. The minimum Gasteiger partial charge on any atom is -0.382 e. The van der Waals surface area contributed by atoms with Gasteiger partial charge in [-0.3, -0.25) is 4.79 Å². The van der Waals surface area contributed by atoms with Crippen molar-refractivity contribution in [2.24, 2.45) is 0 Å². The molecule has 1 heterocycles. The summed E-state index contributed by atoms with van der Waals surface area (Å²) in [6.07, 6.45) is 3.66. The Morgan fingerprint density at radius 1 is 1.60 bits per heavy atom. The van der Waals surface area contributed by atoms with E-state index in [-0.39, 0.29) is 5.91 Å². The topological polar surface area (TPSA) is 50.4 Å². The first-order valence-electron chi connectivity index (χ1n) is 5.90. The summed E-state index contributed by atoms with van der Waals surface area (Å²) < 4.78 is 5.18. The zero-order valence-corrected chi connectivity index (χ0v) is 9.55. The van der Waals surface area contributed by atoms with Gasteiger partial charge in [-0.15, -0.1) is 0 Å². The number of carbonyl (C=O) groups excluding carboxylic acids is 1. The summed E-state index contributed by atoms with van der Waals surface area (Å²) in [6.45, 7) is 5.38. The van der Waals surface area contributed by atoms with E-state index in [9.17, 15) is 4.79 Å². The van der Waals surface area contributed by atoms with E-state index in [1.165, 1.54) is 0 Å². The van der Waals surface area contributed by atoms with Crippen molar-refractivity contribution in [2.75, 3.05) is 26.3 Å². The molecule has 15 heavy (non-hydrogen) atoms. The molecule has 0 aromatic carbocycles. The second-order valence-electron chi connectivity index (χ2n) is 3.91. The second kappa shape index (κ2) is 7.65. The molecule has 0 aliphatic carbocycles. The molecule has 1 unspecified atom stereocenters. The fraction of sp³-hybridized carbons (Fsp3) is 0.909. The summed E-state index contributed by atoms with van der Waals surface area (Å²) in [6, 6.07) is 0.332. The van der Waals surface area contributed by atoms with Crippen LogP contribution >= 0.6 is 0 Å². The van der Waals surface area contributed by atoms with Crippen molar-refractivity contribution >= 4 is 5.91 Å². The summed E-state index contributed by atoms with van der Waals surface area (Å²) in [4.78, 5) is 11.5. The molecule has 0 spiro atoms. The standard InChI is InChI=1S/C11H22N2O2/c1-2-15-8-4-6-11(14)13-10-5-3-7-12-9-10/h10,12H,2-9H2,1H3,(H,13,14). The maximum absolute atomic E-state index is 11.5. The smallest absolute Gasteiger partial charge is 0.220 e. The molecule has 0 saturated carbocycles. The molecule has 1 rings (SSSR count). The van der Waals surface area contributed by atoms with E-state index in [4.69, 9.17) is 4.74 Å². The molecular formula is C11H22N2O2. The van der Waals surface area contributed by atoms with Crippen LogP contribution < -0.4 is 10.6 Å². The highest BCUT2D eigenvalue weighted by Crippen LogP contribution is 2.02. The summed E-state index contributed by atoms with van der Waals surface area (Å²) in [5.74, 6) is 0.156. The summed E-state index contributed by atoms with van der Waals surface area (Å²) in [7, 11) is 0. The average molecular weight is 214 g/mol. The number of carbonyl (C=O) groups is 1. The molecule has 4 nitrogen and oxygen atoms in total. The van der Waals surface area contributed by atoms with Gasteiger partial charge in [0.2, 0.25) is 5.91 Å². The molecule has 1 atom stereocenters. The van der Waals surface area contributed by atoms with Crippen LogP contribution in [0, 0.1) is 0 Å². The maximum Gasteiger partial charge on any atom is 0.220 e. The van der Waals surface area contributed by atoms with E-state index in [2.05, 4.69) is 10.6 Å². The highest BCUT2D eigenvalue weighted by molar-refractivity contribution is 5.76. The predicted octanol–water partition coefficient (Wildman–Crippen LogP) is 0.671. The van der Waals surface area contributed by atoms with Crippen LogP contribution in [0.4, 0.5) is 0 Å². The highest BCUT2D eigenvalue weighted by Gasteiger charge is 2.14. The normalized spacial score (nSPS) is 21.3. The number of hydrogen-bond acceptors (Lipinski definition) is 3. The lowest BCUT2D eigenvalue weighted by molar-refractivity contribution is -0.122. The van der Waals surface area contributed by atoms with Gasteiger partial charge in [0.25, 0.3) is 0 Å². The Labute approximate surface area is 91.8 Å². The Morgan fingerprint density at radius 2 is 2.47 bits per heavy atom. The third-order valence-electron chi connectivity index (χ3n) is 2.56. The monoisotopic (exact) mass is 214 g/mol. The van der Waals surface area contributed by atoms with Crippen LogP contribution in [0.1, 0.15) is 32.6 Å². The largest absolute Gasteiger partial charge is 0.382 e.